The van der Waals surface area contributed by atoms with Gasteiger partial charge in [0.25, 0.3) is 0 Å². The molecule has 2 aromatic rings. The molecule has 0 saturated heterocycles. The molecule has 1 N–H and O–H groups in total. The molecule has 0 aromatic carbocycles. The Kier molecular flexibility index (Phi) is 4.47. The van der Waals surface area contributed by atoms with Crippen molar-refractivity contribution in [2.75, 3.05) is 6.54 Å². The highest BCUT2D eigenvalue weighted by Gasteiger charge is 2.25. The number of hydrogen-bond acceptors (Lipinski definition) is 3. The fraction of sp³-hybridized carbons (Fsp3) is 0.500. The first-order chi connectivity index (χ1) is 9.06. The Morgan fingerprint density at radius 2 is 2.21 bits per heavy atom. The van der Waals surface area contributed by atoms with Crippen molar-refractivity contribution in [3.63, 3.8) is 0 Å². The van der Waals surface area contributed by atoms with E-state index in [1.54, 1.807) is 6.26 Å². The molecular formula is C14H20BrN3O. The van der Waals surface area contributed by atoms with Crippen molar-refractivity contribution in [2.24, 2.45) is 0 Å². The van der Waals surface area contributed by atoms with Crippen LogP contribution in [0.5, 0.6) is 0 Å². The van der Waals surface area contributed by atoms with Gasteiger partial charge in [0, 0.05) is 6.04 Å². The molecule has 4 nitrogen and oxygen atoms in total. The van der Waals surface area contributed by atoms with E-state index in [0.29, 0.717) is 6.04 Å². The standard InChI is InChI=1S/C14H20BrN3O/c1-5-16-12(14-10(4)6-7-19-14)13-11(15)8-17-18(13)9(2)3/h6-9,12,16H,5H2,1-4H3. The SMILES string of the molecule is CCNC(c1occc1C)c1c(Br)cnn1C(C)C. The van der Waals surface area contributed by atoms with Crippen molar-refractivity contribution >= 4 is 15.9 Å². The van der Waals surface area contributed by atoms with Gasteiger partial charge in [-0.05, 0) is 54.9 Å². The monoisotopic (exact) mass is 325 g/mol. The molecule has 5 heteroatoms. The molecule has 2 heterocycles. The van der Waals surface area contributed by atoms with Crippen LogP contribution in [0.1, 0.15) is 49.9 Å². The zero-order valence-electron chi connectivity index (χ0n) is 11.8. The molecule has 2 rings (SSSR count). The Morgan fingerprint density at radius 1 is 1.47 bits per heavy atom. The summed E-state index contributed by atoms with van der Waals surface area (Å²) in [6.45, 7) is 9.27. The van der Waals surface area contributed by atoms with Gasteiger partial charge in [-0.25, -0.2) is 0 Å². The third-order valence-corrected chi connectivity index (χ3v) is 3.73. The number of furan rings is 1. The number of nitrogens with zero attached hydrogens (tertiary/aromatic N) is 2. The molecule has 1 unspecified atom stereocenters. The lowest BCUT2D eigenvalue weighted by atomic mass is 10.1. The first kappa shape index (κ1) is 14.3. The van der Waals surface area contributed by atoms with Crippen molar-refractivity contribution in [3.05, 3.63) is 40.0 Å². The molecule has 0 fully saturated rings. The van der Waals surface area contributed by atoms with Crippen LogP contribution in [0.15, 0.2) is 27.4 Å². The van der Waals surface area contributed by atoms with Crippen molar-refractivity contribution in [1.82, 2.24) is 15.1 Å². The van der Waals surface area contributed by atoms with Crippen LogP contribution < -0.4 is 5.32 Å². The van der Waals surface area contributed by atoms with Crippen LogP contribution in [0.25, 0.3) is 0 Å². The van der Waals surface area contributed by atoms with Gasteiger partial charge in [0.2, 0.25) is 0 Å². The van der Waals surface area contributed by atoms with Crippen molar-refractivity contribution in [3.8, 4) is 0 Å². The van der Waals surface area contributed by atoms with E-state index >= 15 is 0 Å². The van der Waals surface area contributed by atoms with E-state index in [9.17, 15) is 0 Å². The number of hydrogen-bond donors (Lipinski definition) is 1. The lowest BCUT2D eigenvalue weighted by Gasteiger charge is -2.21. The molecule has 0 amide bonds. The summed E-state index contributed by atoms with van der Waals surface area (Å²) in [7, 11) is 0. The van der Waals surface area contributed by atoms with Crippen molar-refractivity contribution in [1.29, 1.82) is 0 Å². The van der Waals surface area contributed by atoms with Crippen LogP contribution in [0.3, 0.4) is 0 Å². The van der Waals surface area contributed by atoms with Crippen LogP contribution in [0.2, 0.25) is 0 Å². The molecule has 2 aromatic heterocycles. The minimum atomic E-state index is 0.0132. The second-order valence-electron chi connectivity index (χ2n) is 4.87. The third kappa shape index (κ3) is 2.77. The van der Waals surface area contributed by atoms with Crippen LogP contribution in [-0.4, -0.2) is 16.3 Å². The molecule has 0 bridgehead atoms. The van der Waals surface area contributed by atoms with Gasteiger partial charge in [0.1, 0.15) is 11.8 Å². The summed E-state index contributed by atoms with van der Waals surface area (Å²) in [5, 5.41) is 7.93. The summed E-state index contributed by atoms with van der Waals surface area (Å²) in [5.74, 6) is 0.949. The molecule has 0 saturated carbocycles. The minimum Gasteiger partial charge on any atom is -0.467 e. The van der Waals surface area contributed by atoms with Gasteiger partial charge in [-0.3, -0.25) is 4.68 Å². The highest BCUT2D eigenvalue weighted by Crippen LogP contribution is 2.32. The first-order valence-electron chi connectivity index (χ1n) is 6.56. The Labute approximate surface area is 122 Å². The average Bonchev–Trinajstić information content (AvgIpc) is 2.93. The van der Waals surface area contributed by atoms with Crippen LogP contribution >= 0.6 is 15.9 Å². The van der Waals surface area contributed by atoms with Gasteiger partial charge in [0.15, 0.2) is 0 Å². The summed E-state index contributed by atoms with van der Waals surface area (Å²) in [6.07, 6.45) is 3.58. The zero-order chi connectivity index (χ0) is 14.0. The zero-order valence-corrected chi connectivity index (χ0v) is 13.4. The van der Waals surface area contributed by atoms with E-state index in [1.165, 1.54) is 0 Å². The number of aromatic nitrogens is 2. The minimum absolute atomic E-state index is 0.0132. The largest absolute Gasteiger partial charge is 0.467 e. The summed E-state index contributed by atoms with van der Waals surface area (Å²) in [4.78, 5) is 0. The quantitative estimate of drug-likeness (QED) is 0.908. The summed E-state index contributed by atoms with van der Waals surface area (Å²) >= 11 is 3.60. The van der Waals surface area contributed by atoms with E-state index in [4.69, 9.17) is 4.42 Å². The third-order valence-electron chi connectivity index (χ3n) is 3.12. The predicted octanol–water partition coefficient (Wildman–Crippen LogP) is 3.83. The smallest absolute Gasteiger partial charge is 0.129 e. The second-order valence-corrected chi connectivity index (χ2v) is 5.73. The molecule has 0 aliphatic rings. The maximum Gasteiger partial charge on any atom is 0.129 e. The van der Waals surface area contributed by atoms with Crippen molar-refractivity contribution in [2.45, 2.75) is 39.8 Å². The number of rotatable bonds is 5. The van der Waals surface area contributed by atoms with E-state index in [2.05, 4.69) is 54.0 Å². The Bertz CT molecular complexity index is 545. The van der Waals surface area contributed by atoms with E-state index in [1.807, 2.05) is 16.9 Å². The molecule has 0 radical (unpaired) electrons. The van der Waals surface area contributed by atoms with Crippen molar-refractivity contribution < 1.29 is 4.42 Å². The average molecular weight is 326 g/mol. The topological polar surface area (TPSA) is 43.0 Å². The highest BCUT2D eigenvalue weighted by molar-refractivity contribution is 9.10. The summed E-state index contributed by atoms with van der Waals surface area (Å²) < 4.78 is 8.70. The molecule has 0 aliphatic heterocycles. The maximum absolute atomic E-state index is 5.67. The van der Waals surface area contributed by atoms with Gasteiger partial charge in [-0.2, -0.15) is 5.10 Å². The molecular weight excluding hydrogens is 306 g/mol. The predicted molar refractivity (Wildman–Crippen MR) is 79.3 cm³/mol. The van der Waals surface area contributed by atoms with Gasteiger partial charge in [-0.15, -0.1) is 0 Å². The Morgan fingerprint density at radius 3 is 2.74 bits per heavy atom. The molecule has 104 valence electrons. The maximum atomic E-state index is 5.67. The lowest BCUT2D eigenvalue weighted by Crippen LogP contribution is -2.26. The van der Waals surface area contributed by atoms with Gasteiger partial charge < -0.3 is 9.73 Å². The number of aryl methyl sites for hydroxylation is 1. The van der Waals surface area contributed by atoms with E-state index in [0.717, 1.165) is 28.0 Å². The Hall–Kier alpha value is -1.07. The normalized spacial score (nSPS) is 13.2. The number of nitrogens with one attached hydrogen (secondary N) is 1. The van der Waals surface area contributed by atoms with Crippen LogP contribution in [0, 0.1) is 6.92 Å². The summed E-state index contributed by atoms with van der Waals surface area (Å²) in [6, 6.07) is 2.31. The fourth-order valence-corrected chi connectivity index (χ4v) is 2.73. The molecule has 1 atom stereocenters. The van der Waals surface area contributed by atoms with E-state index in [-0.39, 0.29) is 6.04 Å². The first-order valence-corrected chi connectivity index (χ1v) is 7.35. The molecule has 0 aliphatic carbocycles. The van der Waals surface area contributed by atoms with E-state index < -0.39 is 0 Å². The Balaban J connectivity index is 2.51. The van der Waals surface area contributed by atoms with Gasteiger partial charge >= 0.3 is 0 Å². The summed E-state index contributed by atoms with van der Waals surface area (Å²) in [5.41, 5.74) is 2.25. The highest BCUT2D eigenvalue weighted by atomic mass is 79.9. The number of halogens is 1. The fourth-order valence-electron chi connectivity index (χ4n) is 2.23. The lowest BCUT2D eigenvalue weighted by molar-refractivity contribution is 0.413. The molecule has 0 spiro atoms. The molecule has 19 heavy (non-hydrogen) atoms. The van der Waals surface area contributed by atoms with Crippen LogP contribution in [-0.2, 0) is 0 Å². The van der Waals surface area contributed by atoms with Crippen LogP contribution in [0.4, 0.5) is 0 Å². The van der Waals surface area contributed by atoms with Gasteiger partial charge in [0.05, 0.1) is 22.6 Å². The second kappa shape index (κ2) is 5.92. The van der Waals surface area contributed by atoms with Gasteiger partial charge in [-0.1, -0.05) is 6.92 Å².